The highest BCUT2D eigenvalue weighted by molar-refractivity contribution is 5.36. The van der Waals surface area contributed by atoms with E-state index in [1.165, 1.54) is 5.56 Å². The molecular formula is C20H23N7O. The third-order valence-electron chi connectivity index (χ3n) is 5.84. The minimum atomic E-state index is 0.277. The van der Waals surface area contributed by atoms with Gasteiger partial charge in [-0.3, -0.25) is 0 Å². The number of fused-ring (bicyclic) bond motifs is 1. The van der Waals surface area contributed by atoms with Crippen LogP contribution in [0.3, 0.4) is 0 Å². The summed E-state index contributed by atoms with van der Waals surface area (Å²) in [6.07, 6.45) is 8.90. The van der Waals surface area contributed by atoms with E-state index in [1.807, 2.05) is 36.7 Å². The van der Waals surface area contributed by atoms with Crippen LogP contribution in [0.4, 0.5) is 5.95 Å². The van der Waals surface area contributed by atoms with Crippen LogP contribution in [0.2, 0.25) is 0 Å². The molecule has 5 rings (SSSR count). The average Bonchev–Trinajstić information content (AvgIpc) is 3.45. The summed E-state index contributed by atoms with van der Waals surface area (Å²) in [5.41, 5.74) is 2.10. The number of ether oxygens (including phenoxy) is 1. The van der Waals surface area contributed by atoms with Crippen molar-refractivity contribution in [2.75, 3.05) is 18.0 Å². The quantitative estimate of drug-likeness (QED) is 0.675. The van der Waals surface area contributed by atoms with E-state index < -0.39 is 0 Å². The molecule has 0 N–H and O–H groups in total. The fourth-order valence-electron chi connectivity index (χ4n) is 4.35. The van der Waals surface area contributed by atoms with Gasteiger partial charge in [-0.1, -0.05) is 6.92 Å². The molecule has 8 heteroatoms. The maximum absolute atomic E-state index is 6.24. The third kappa shape index (κ3) is 3.30. The van der Waals surface area contributed by atoms with Crippen molar-refractivity contribution in [2.24, 2.45) is 11.8 Å². The van der Waals surface area contributed by atoms with Gasteiger partial charge < -0.3 is 9.64 Å². The number of rotatable bonds is 5. The molecule has 3 aromatic rings. The molecule has 1 saturated carbocycles. The van der Waals surface area contributed by atoms with Crippen molar-refractivity contribution in [3.05, 3.63) is 48.5 Å². The Balaban J connectivity index is 1.18. The van der Waals surface area contributed by atoms with Gasteiger partial charge in [0.1, 0.15) is 12.1 Å². The lowest BCUT2D eigenvalue weighted by Crippen LogP contribution is -2.25. The zero-order valence-electron chi connectivity index (χ0n) is 15.8. The summed E-state index contributed by atoms with van der Waals surface area (Å²) in [6, 6.07) is 7.92. The first-order valence-corrected chi connectivity index (χ1v) is 9.84. The highest BCUT2D eigenvalue weighted by atomic mass is 16.5. The maximum atomic E-state index is 6.24. The number of tetrazole rings is 1. The van der Waals surface area contributed by atoms with Gasteiger partial charge in [-0.15, -0.1) is 5.10 Å². The Kier molecular flexibility index (Phi) is 4.38. The lowest BCUT2D eigenvalue weighted by atomic mass is 10.0. The molecule has 8 nitrogen and oxygen atoms in total. The molecule has 1 saturated heterocycles. The molecule has 2 unspecified atom stereocenters. The molecular weight excluding hydrogens is 354 g/mol. The van der Waals surface area contributed by atoms with Crippen molar-refractivity contribution < 1.29 is 4.74 Å². The van der Waals surface area contributed by atoms with Crippen LogP contribution in [-0.4, -0.2) is 49.4 Å². The van der Waals surface area contributed by atoms with Crippen molar-refractivity contribution in [2.45, 2.75) is 32.3 Å². The van der Waals surface area contributed by atoms with Crippen LogP contribution in [0, 0.1) is 11.8 Å². The largest absolute Gasteiger partial charge is 0.490 e. The van der Waals surface area contributed by atoms with Crippen LogP contribution < -0.4 is 9.64 Å². The zero-order valence-corrected chi connectivity index (χ0v) is 15.8. The van der Waals surface area contributed by atoms with Gasteiger partial charge in [-0.05, 0) is 71.4 Å². The summed E-state index contributed by atoms with van der Waals surface area (Å²) >= 11 is 0. The molecule has 2 fully saturated rings. The first kappa shape index (κ1) is 17.1. The Morgan fingerprint density at radius 1 is 1.04 bits per heavy atom. The molecule has 0 bridgehead atoms. The van der Waals surface area contributed by atoms with Crippen molar-refractivity contribution in [1.29, 1.82) is 0 Å². The number of benzene rings is 1. The number of aryl methyl sites for hydroxylation is 1. The standard InChI is InChI=1S/C20H23N7O/c1-2-14-9-21-20(22-10-14)26-11-15-7-19(8-16(15)12-26)28-18-5-3-17(4-6-18)27-13-23-24-25-27/h3-6,9-10,13,15-16,19H,2,7-8,11-12H2,1H3. The van der Waals surface area contributed by atoms with E-state index in [4.69, 9.17) is 4.74 Å². The SMILES string of the molecule is CCc1cnc(N2CC3CC(Oc4ccc(-n5cnnn5)cc4)CC3C2)nc1. The number of anilines is 1. The molecule has 2 aromatic heterocycles. The van der Waals surface area contributed by atoms with Crippen LogP contribution in [-0.2, 0) is 6.42 Å². The summed E-state index contributed by atoms with van der Waals surface area (Å²) < 4.78 is 7.88. The molecule has 1 aromatic carbocycles. The number of nitrogens with zero attached hydrogens (tertiary/aromatic N) is 7. The van der Waals surface area contributed by atoms with Crippen molar-refractivity contribution in [1.82, 2.24) is 30.2 Å². The summed E-state index contributed by atoms with van der Waals surface area (Å²) in [5, 5.41) is 11.2. The fraction of sp³-hybridized carbons (Fsp3) is 0.450. The van der Waals surface area contributed by atoms with Gasteiger partial charge in [-0.2, -0.15) is 0 Å². The van der Waals surface area contributed by atoms with E-state index in [9.17, 15) is 0 Å². The fourth-order valence-corrected chi connectivity index (χ4v) is 4.35. The first-order chi connectivity index (χ1) is 13.8. The van der Waals surface area contributed by atoms with Crippen LogP contribution >= 0.6 is 0 Å². The second-order valence-electron chi connectivity index (χ2n) is 7.63. The summed E-state index contributed by atoms with van der Waals surface area (Å²) in [7, 11) is 0. The van der Waals surface area contributed by atoms with Crippen LogP contribution in [0.15, 0.2) is 43.0 Å². The monoisotopic (exact) mass is 377 g/mol. The molecule has 3 heterocycles. The van der Waals surface area contributed by atoms with Gasteiger partial charge in [0.05, 0.1) is 11.8 Å². The highest BCUT2D eigenvalue weighted by Gasteiger charge is 2.42. The smallest absolute Gasteiger partial charge is 0.225 e. The Morgan fingerprint density at radius 3 is 2.36 bits per heavy atom. The molecule has 0 spiro atoms. The number of aromatic nitrogens is 6. The van der Waals surface area contributed by atoms with E-state index in [1.54, 1.807) is 11.0 Å². The van der Waals surface area contributed by atoms with E-state index in [0.717, 1.165) is 49.7 Å². The average molecular weight is 377 g/mol. The maximum Gasteiger partial charge on any atom is 0.225 e. The van der Waals surface area contributed by atoms with Gasteiger partial charge in [0, 0.05) is 25.5 Å². The number of hydrogen-bond donors (Lipinski definition) is 0. The van der Waals surface area contributed by atoms with E-state index in [-0.39, 0.29) is 6.10 Å². The molecule has 28 heavy (non-hydrogen) atoms. The van der Waals surface area contributed by atoms with Gasteiger partial charge >= 0.3 is 0 Å². The van der Waals surface area contributed by atoms with Gasteiger partial charge in [0.2, 0.25) is 5.95 Å². The molecule has 1 aliphatic heterocycles. The summed E-state index contributed by atoms with van der Waals surface area (Å²) in [6.45, 7) is 4.17. The minimum Gasteiger partial charge on any atom is -0.490 e. The van der Waals surface area contributed by atoms with E-state index in [2.05, 4.69) is 37.3 Å². The molecule has 1 aliphatic carbocycles. The highest BCUT2D eigenvalue weighted by Crippen LogP contribution is 2.40. The van der Waals surface area contributed by atoms with Crippen molar-refractivity contribution in [3.63, 3.8) is 0 Å². The third-order valence-corrected chi connectivity index (χ3v) is 5.84. The van der Waals surface area contributed by atoms with Crippen LogP contribution in [0.25, 0.3) is 5.69 Å². The van der Waals surface area contributed by atoms with Gasteiger partial charge in [0.25, 0.3) is 0 Å². The van der Waals surface area contributed by atoms with Crippen LogP contribution in [0.5, 0.6) is 5.75 Å². The normalized spacial score (nSPS) is 23.8. The molecule has 2 aliphatic rings. The molecule has 2 atom stereocenters. The number of hydrogen-bond acceptors (Lipinski definition) is 7. The molecule has 0 amide bonds. The van der Waals surface area contributed by atoms with Crippen molar-refractivity contribution >= 4 is 5.95 Å². The van der Waals surface area contributed by atoms with Crippen LogP contribution in [0.1, 0.15) is 25.3 Å². The Hall–Kier alpha value is -3.03. The van der Waals surface area contributed by atoms with Gasteiger partial charge in [-0.25, -0.2) is 14.6 Å². The Labute approximate surface area is 163 Å². The second kappa shape index (κ2) is 7.18. The first-order valence-electron chi connectivity index (χ1n) is 9.84. The van der Waals surface area contributed by atoms with Crippen molar-refractivity contribution in [3.8, 4) is 11.4 Å². The Morgan fingerprint density at radius 2 is 1.75 bits per heavy atom. The topological polar surface area (TPSA) is 81.9 Å². The van der Waals surface area contributed by atoms with E-state index >= 15 is 0 Å². The van der Waals surface area contributed by atoms with Gasteiger partial charge in [0.15, 0.2) is 0 Å². The lowest BCUT2D eigenvalue weighted by Gasteiger charge is -2.20. The Bertz CT molecular complexity index is 897. The zero-order chi connectivity index (χ0) is 18.9. The second-order valence-corrected chi connectivity index (χ2v) is 7.63. The summed E-state index contributed by atoms with van der Waals surface area (Å²) in [5.74, 6) is 3.07. The molecule has 0 radical (unpaired) electrons. The molecule has 144 valence electrons. The van der Waals surface area contributed by atoms with E-state index in [0.29, 0.717) is 11.8 Å². The predicted molar refractivity (Wildman–Crippen MR) is 103 cm³/mol. The lowest BCUT2D eigenvalue weighted by molar-refractivity contribution is 0.200. The predicted octanol–water partition coefficient (Wildman–Crippen LogP) is 2.31. The minimum absolute atomic E-state index is 0.277. The summed E-state index contributed by atoms with van der Waals surface area (Å²) in [4.78, 5) is 11.4.